The molecule has 0 aliphatic rings. The molecule has 0 N–H and O–H groups in total. The molecule has 0 aromatic heterocycles. The van der Waals surface area contributed by atoms with Crippen molar-refractivity contribution in [2.75, 3.05) is 0 Å². The SMILES string of the molecule is C/C=C(\C(/C=C(/CC)CCC(C)(CC)CC)CCC)C(F)(F)F. The van der Waals surface area contributed by atoms with E-state index in [4.69, 9.17) is 0 Å². The van der Waals surface area contributed by atoms with Gasteiger partial charge in [-0.25, -0.2) is 0 Å². The minimum Gasteiger partial charge on any atom is -0.166 e. The third-order valence-electron chi connectivity index (χ3n) is 5.29. The van der Waals surface area contributed by atoms with Gasteiger partial charge < -0.3 is 0 Å². The molecule has 0 aromatic rings. The summed E-state index contributed by atoms with van der Waals surface area (Å²) < 4.78 is 39.7. The maximum atomic E-state index is 13.2. The van der Waals surface area contributed by atoms with Crippen molar-refractivity contribution in [3.63, 3.8) is 0 Å². The second-order valence-electron chi connectivity index (χ2n) is 6.83. The smallest absolute Gasteiger partial charge is 0.166 e. The molecule has 0 amide bonds. The molecule has 0 spiro atoms. The summed E-state index contributed by atoms with van der Waals surface area (Å²) in [6, 6.07) is 0. The van der Waals surface area contributed by atoms with Gasteiger partial charge in [0.05, 0.1) is 0 Å². The normalized spacial score (nSPS) is 15.9. The molecule has 1 unspecified atom stereocenters. The van der Waals surface area contributed by atoms with Gasteiger partial charge in [-0.15, -0.1) is 0 Å². The molecule has 23 heavy (non-hydrogen) atoms. The Morgan fingerprint density at radius 3 is 1.96 bits per heavy atom. The Labute approximate surface area is 141 Å². The van der Waals surface area contributed by atoms with Gasteiger partial charge in [0.2, 0.25) is 0 Å². The fourth-order valence-corrected chi connectivity index (χ4v) is 2.96. The molecule has 0 rings (SSSR count). The molecule has 0 radical (unpaired) electrons. The molecular formula is C20H35F3. The lowest BCUT2D eigenvalue weighted by atomic mass is 9.78. The fraction of sp³-hybridized carbons (Fsp3) is 0.800. The topological polar surface area (TPSA) is 0 Å². The van der Waals surface area contributed by atoms with Crippen molar-refractivity contribution in [2.24, 2.45) is 11.3 Å². The number of alkyl halides is 3. The van der Waals surface area contributed by atoms with E-state index in [1.54, 1.807) is 0 Å². The first-order valence-electron chi connectivity index (χ1n) is 9.10. The highest BCUT2D eigenvalue weighted by atomic mass is 19.4. The first kappa shape index (κ1) is 22.3. The van der Waals surface area contributed by atoms with Crippen molar-refractivity contribution in [1.82, 2.24) is 0 Å². The number of halogens is 3. The van der Waals surface area contributed by atoms with Crippen molar-refractivity contribution < 1.29 is 13.2 Å². The third-order valence-corrected chi connectivity index (χ3v) is 5.29. The van der Waals surface area contributed by atoms with E-state index in [9.17, 15) is 13.2 Å². The Bertz CT molecular complexity index is 384. The highest BCUT2D eigenvalue weighted by Crippen LogP contribution is 2.37. The third kappa shape index (κ3) is 7.58. The summed E-state index contributed by atoms with van der Waals surface area (Å²) >= 11 is 0. The van der Waals surface area contributed by atoms with Crippen LogP contribution in [0.5, 0.6) is 0 Å². The summed E-state index contributed by atoms with van der Waals surface area (Å²) in [5, 5.41) is 0. The zero-order chi connectivity index (χ0) is 18.1. The van der Waals surface area contributed by atoms with Crippen LogP contribution in [0.25, 0.3) is 0 Å². The molecule has 136 valence electrons. The number of allylic oxidation sites excluding steroid dienone is 4. The Morgan fingerprint density at radius 2 is 1.61 bits per heavy atom. The largest absolute Gasteiger partial charge is 0.412 e. The van der Waals surface area contributed by atoms with Gasteiger partial charge in [0.25, 0.3) is 0 Å². The Morgan fingerprint density at radius 1 is 1.04 bits per heavy atom. The molecule has 0 aliphatic carbocycles. The van der Waals surface area contributed by atoms with Crippen LogP contribution in [0.15, 0.2) is 23.3 Å². The van der Waals surface area contributed by atoms with E-state index < -0.39 is 12.1 Å². The molecular weight excluding hydrogens is 297 g/mol. The van der Waals surface area contributed by atoms with Crippen molar-refractivity contribution >= 4 is 0 Å². The zero-order valence-electron chi connectivity index (χ0n) is 15.8. The number of rotatable bonds is 10. The summed E-state index contributed by atoms with van der Waals surface area (Å²) in [7, 11) is 0. The summed E-state index contributed by atoms with van der Waals surface area (Å²) in [5.41, 5.74) is 1.07. The van der Waals surface area contributed by atoms with Gasteiger partial charge in [0.15, 0.2) is 0 Å². The van der Waals surface area contributed by atoms with E-state index in [2.05, 4.69) is 20.8 Å². The van der Waals surface area contributed by atoms with Crippen LogP contribution in [0.2, 0.25) is 0 Å². The van der Waals surface area contributed by atoms with E-state index in [-0.39, 0.29) is 5.57 Å². The standard InChI is InChI=1S/C20H35F3/c1-7-12-17(18(9-3)20(21,22)23)15-16(8-2)13-14-19(6,10-4)11-5/h9,15,17H,7-8,10-14H2,1-6H3/b16-15-,18-9+. The average molecular weight is 332 g/mol. The second kappa shape index (κ2) is 10.2. The van der Waals surface area contributed by atoms with E-state index in [0.29, 0.717) is 11.8 Å². The predicted molar refractivity (Wildman–Crippen MR) is 94.5 cm³/mol. The lowest BCUT2D eigenvalue weighted by Crippen LogP contribution is -2.19. The Balaban J connectivity index is 5.27. The highest BCUT2D eigenvalue weighted by Gasteiger charge is 2.36. The van der Waals surface area contributed by atoms with Crippen LogP contribution in [0.4, 0.5) is 13.2 Å². The van der Waals surface area contributed by atoms with Crippen LogP contribution in [0.1, 0.15) is 86.5 Å². The van der Waals surface area contributed by atoms with Crippen molar-refractivity contribution in [3.05, 3.63) is 23.3 Å². The van der Waals surface area contributed by atoms with Gasteiger partial charge in [-0.1, -0.05) is 71.6 Å². The van der Waals surface area contributed by atoms with Crippen LogP contribution < -0.4 is 0 Å². The molecule has 0 saturated heterocycles. The first-order chi connectivity index (χ1) is 10.7. The predicted octanol–water partition coefficient (Wildman–Crippen LogP) is 7.85. The first-order valence-corrected chi connectivity index (χ1v) is 9.10. The summed E-state index contributed by atoms with van der Waals surface area (Å²) in [6.07, 6.45) is 5.24. The summed E-state index contributed by atoms with van der Waals surface area (Å²) in [4.78, 5) is 0. The van der Waals surface area contributed by atoms with E-state index in [1.165, 1.54) is 18.6 Å². The molecule has 3 heteroatoms. The van der Waals surface area contributed by atoms with Gasteiger partial charge in [0.1, 0.15) is 0 Å². The molecule has 0 saturated carbocycles. The van der Waals surface area contributed by atoms with Gasteiger partial charge in [-0.05, 0) is 38.0 Å². The zero-order valence-corrected chi connectivity index (χ0v) is 15.8. The summed E-state index contributed by atoms with van der Waals surface area (Å²) in [6.45, 7) is 12.2. The van der Waals surface area contributed by atoms with Crippen LogP contribution in [0, 0.1) is 11.3 Å². The lowest BCUT2D eigenvalue weighted by molar-refractivity contribution is -0.0976. The monoisotopic (exact) mass is 332 g/mol. The van der Waals surface area contributed by atoms with Crippen molar-refractivity contribution in [3.8, 4) is 0 Å². The molecule has 1 atom stereocenters. The molecule has 0 heterocycles. The van der Waals surface area contributed by atoms with Gasteiger partial charge in [-0.2, -0.15) is 13.2 Å². The van der Waals surface area contributed by atoms with Crippen LogP contribution in [-0.4, -0.2) is 6.18 Å². The second-order valence-corrected chi connectivity index (χ2v) is 6.83. The van der Waals surface area contributed by atoms with Crippen LogP contribution in [-0.2, 0) is 0 Å². The fourth-order valence-electron chi connectivity index (χ4n) is 2.96. The van der Waals surface area contributed by atoms with Gasteiger partial charge >= 0.3 is 6.18 Å². The Kier molecular flexibility index (Phi) is 9.88. The quantitative estimate of drug-likeness (QED) is 0.357. The number of hydrogen-bond donors (Lipinski definition) is 0. The van der Waals surface area contributed by atoms with Gasteiger partial charge in [-0.3, -0.25) is 0 Å². The minimum atomic E-state index is -4.23. The molecule has 0 fully saturated rings. The molecule has 0 nitrogen and oxygen atoms in total. The van der Waals surface area contributed by atoms with E-state index in [0.717, 1.165) is 38.5 Å². The van der Waals surface area contributed by atoms with Gasteiger partial charge in [0, 0.05) is 11.5 Å². The minimum absolute atomic E-state index is 0.294. The van der Waals surface area contributed by atoms with E-state index >= 15 is 0 Å². The van der Waals surface area contributed by atoms with E-state index in [1.807, 2.05) is 19.9 Å². The van der Waals surface area contributed by atoms with Crippen molar-refractivity contribution in [1.29, 1.82) is 0 Å². The highest BCUT2D eigenvalue weighted by molar-refractivity contribution is 5.21. The molecule has 0 aliphatic heterocycles. The summed E-state index contributed by atoms with van der Waals surface area (Å²) in [5.74, 6) is -0.505. The van der Waals surface area contributed by atoms with Crippen LogP contribution >= 0.6 is 0 Å². The maximum absolute atomic E-state index is 13.2. The van der Waals surface area contributed by atoms with Crippen LogP contribution in [0.3, 0.4) is 0 Å². The molecule has 0 aromatic carbocycles. The number of hydrogen-bond acceptors (Lipinski definition) is 0. The van der Waals surface area contributed by atoms with Crippen molar-refractivity contribution in [2.45, 2.75) is 92.7 Å². The average Bonchev–Trinajstić information content (AvgIpc) is 2.50. The lowest BCUT2D eigenvalue weighted by Gasteiger charge is -2.27. The Hall–Kier alpha value is -0.730. The maximum Gasteiger partial charge on any atom is 0.412 e. The molecule has 0 bridgehead atoms.